The van der Waals surface area contributed by atoms with E-state index in [9.17, 15) is 17.6 Å². The third kappa shape index (κ3) is 2.63. The molecule has 4 N–H and O–H groups in total. The molecule has 0 spiro atoms. The lowest BCUT2D eigenvalue weighted by atomic mass is 9.62. The van der Waals surface area contributed by atoms with E-state index in [0.29, 0.717) is 22.3 Å². The van der Waals surface area contributed by atoms with E-state index in [-0.39, 0.29) is 0 Å². The van der Waals surface area contributed by atoms with E-state index in [1.165, 1.54) is 12.2 Å². The average Bonchev–Trinajstić information content (AvgIpc) is 3.03. The maximum Gasteiger partial charge on any atom is 0.290 e. The maximum absolute atomic E-state index is 14.8. The minimum Gasteiger partial charge on any atom is -0.397 e. The number of rotatable bonds is 2. The first-order chi connectivity index (χ1) is 14.7. The molecule has 0 fully saturated rings. The van der Waals surface area contributed by atoms with Crippen LogP contribution in [0, 0.1) is 0 Å². The lowest BCUT2D eigenvalue weighted by Gasteiger charge is -2.42. The summed E-state index contributed by atoms with van der Waals surface area (Å²) in [5.74, 6) is -6.54. The van der Waals surface area contributed by atoms with Gasteiger partial charge in [-0.05, 0) is 45.6 Å². The van der Waals surface area contributed by atoms with E-state index >= 15 is 0 Å². The Bertz CT molecular complexity index is 1120. The van der Waals surface area contributed by atoms with Crippen molar-refractivity contribution in [2.24, 2.45) is 11.5 Å². The highest BCUT2D eigenvalue weighted by Gasteiger charge is 2.54. The number of hydrogen-bond donors (Lipinski definition) is 2. The van der Waals surface area contributed by atoms with Crippen LogP contribution in [0.1, 0.15) is 24.0 Å². The SMILES string of the molecule is NC1=CC=C(C2(C3=CC=C(N)C(F)(F)C3)c3ccccc3-c3ccccc32)CC1(F)F. The number of alkyl halides is 4. The molecular weight excluding hydrogens is 404 g/mol. The number of nitrogens with two attached hydrogens (primary N) is 2. The molecule has 0 radical (unpaired) electrons. The van der Waals surface area contributed by atoms with Gasteiger partial charge in [0.05, 0.1) is 16.8 Å². The van der Waals surface area contributed by atoms with Gasteiger partial charge >= 0.3 is 0 Å². The van der Waals surface area contributed by atoms with Crippen LogP contribution in [0.5, 0.6) is 0 Å². The first-order valence-corrected chi connectivity index (χ1v) is 9.97. The summed E-state index contributed by atoms with van der Waals surface area (Å²) in [4.78, 5) is 0. The van der Waals surface area contributed by atoms with Crippen molar-refractivity contribution >= 4 is 0 Å². The van der Waals surface area contributed by atoms with E-state index in [0.717, 1.165) is 11.1 Å². The highest BCUT2D eigenvalue weighted by atomic mass is 19.3. The molecule has 0 saturated heterocycles. The molecule has 31 heavy (non-hydrogen) atoms. The van der Waals surface area contributed by atoms with Crippen LogP contribution >= 0.6 is 0 Å². The summed E-state index contributed by atoms with van der Waals surface area (Å²) in [6, 6.07) is 14.8. The second-order valence-electron chi connectivity index (χ2n) is 8.23. The second kappa shape index (κ2) is 6.36. The third-order valence-corrected chi connectivity index (χ3v) is 6.51. The van der Waals surface area contributed by atoms with E-state index in [2.05, 4.69) is 0 Å². The Kier molecular flexibility index (Phi) is 4.04. The van der Waals surface area contributed by atoms with Crippen LogP contribution in [0.2, 0.25) is 0 Å². The molecule has 0 atom stereocenters. The van der Waals surface area contributed by atoms with Gasteiger partial charge < -0.3 is 11.5 Å². The third-order valence-electron chi connectivity index (χ3n) is 6.51. The zero-order valence-electron chi connectivity index (χ0n) is 16.5. The van der Waals surface area contributed by atoms with E-state index in [1.807, 2.05) is 36.4 Å². The summed E-state index contributed by atoms with van der Waals surface area (Å²) in [5, 5.41) is 0. The molecule has 2 nitrogen and oxygen atoms in total. The zero-order chi connectivity index (χ0) is 22.0. The highest BCUT2D eigenvalue weighted by Crippen LogP contribution is 2.60. The van der Waals surface area contributed by atoms with E-state index < -0.39 is 41.5 Å². The van der Waals surface area contributed by atoms with Crippen molar-refractivity contribution in [2.45, 2.75) is 30.1 Å². The molecule has 0 amide bonds. The Balaban J connectivity index is 1.87. The first kappa shape index (κ1) is 19.7. The monoisotopic (exact) mass is 424 g/mol. The van der Waals surface area contributed by atoms with Crippen LogP contribution in [0.25, 0.3) is 11.1 Å². The summed E-state index contributed by atoms with van der Waals surface area (Å²) in [6.07, 6.45) is 4.20. The maximum atomic E-state index is 14.8. The molecule has 0 aliphatic heterocycles. The summed E-state index contributed by atoms with van der Waals surface area (Å²) >= 11 is 0. The largest absolute Gasteiger partial charge is 0.397 e. The zero-order valence-corrected chi connectivity index (χ0v) is 16.5. The van der Waals surface area contributed by atoms with Gasteiger partial charge in [0.15, 0.2) is 0 Å². The minimum atomic E-state index is -3.27. The molecule has 3 aliphatic rings. The first-order valence-electron chi connectivity index (χ1n) is 9.97. The number of halogens is 4. The summed E-state index contributed by atoms with van der Waals surface area (Å²) < 4.78 is 59.1. The molecule has 0 bridgehead atoms. The van der Waals surface area contributed by atoms with E-state index in [1.54, 1.807) is 24.3 Å². The van der Waals surface area contributed by atoms with Crippen molar-refractivity contribution in [1.29, 1.82) is 0 Å². The average molecular weight is 424 g/mol. The normalized spacial score (nSPS) is 22.5. The number of fused-ring (bicyclic) bond motifs is 3. The molecule has 0 heterocycles. The van der Waals surface area contributed by atoms with Crippen molar-refractivity contribution < 1.29 is 17.6 Å². The van der Waals surface area contributed by atoms with Crippen molar-refractivity contribution in [3.05, 3.63) is 107 Å². The summed E-state index contributed by atoms with van der Waals surface area (Å²) in [7, 11) is 0. The molecule has 6 heteroatoms. The fourth-order valence-corrected chi connectivity index (χ4v) is 5.07. The van der Waals surface area contributed by atoms with Crippen LogP contribution in [-0.2, 0) is 5.41 Å². The van der Waals surface area contributed by atoms with Crippen molar-refractivity contribution in [2.75, 3.05) is 0 Å². The quantitative estimate of drug-likeness (QED) is 0.620. The highest BCUT2D eigenvalue weighted by molar-refractivity contribution is 5.86. The van der Waals surface area contributed by atoms with E-state index in [4.69, 9.17) is 11.5 Å². The van der Waals surface area contributed by atoms with Gasteiger partial charge in [-0.3, -0.25) is 0 Å². The number of allylic oxidation sites excluding steroid dienone is 8. The molecule has 0 aromatic heterocycles. The van der Waals surface area contributed by atoms with Gasteiger partial charge in [0.2, 0.25) is 0 Å². The fraction of sp³-hybridized carbons (Fsp3) is 0.200. The van der Waals surface area contributed by atoms with Gasteiger partial charge in [-0.25, -0.2) is 0 Å². The molecule has 3 aliphatic carbocycles. The van der Waals surface area contributed by atoms with Crippen LogP contribution in [-0.4, -0.2) is 11.8 Å². The molecule has 2 aromatic rings. The standard InChI is InChI=1S/C25H20F4N2/c26-23(27)13-15(9-11-21(23)30)25(16-10-12-22(31)24(28,29)14-16)19-7-3-1-5-17(19)18-6-2-4-8-20(18)25/h1-12H,13-14,30-31H2. The van der Waals surface area contributed by atoms with Gasteiger partial charge in [-0.2, -0.15) is 17.6 Å². The lowest BCUT2D eigenvalue weighted by Crippen LogP contribution is -2.40. The van der Waals surface area contributed by atoms with Crippen LogP contribution < -0.4 is 11.5 Å². The Morgan fingerprint density at radius 3 is 1.35 bits per heavy atom. The predicted molar refractivity (Wildman–Crippen MR) is 112 cm³/mol. The molecule has 2 aromatic carbocycles. The Morgan fingerprint density at radius 2 is 0.968 bits per heavy atom. The van der Waals surface area contributed by atoms with Crippen molar-refractivity contribution in [3.8, 4) is 11.1 Å². The molecule has 5 rings (SSSR count). The van der Waals surface area contributed by atoms with Crippen molar-refractivity contribution in [1.82, 2.24) is 0 Å². The summed E-state index contributed by atoms with van der Waals surface area (Å²) in [6.45, 7) is 0. The predicted octanol–water partition coefficient (Wildman–Crippen LogP) is 5.57. The van der Waals surface area contributed by atoms with Crippen LogP contribution in [0.4, 0.5) is 17.6 Å². The van der Waals surface area contributed by atoms with Crippen LogP contribution in [0.15, 0.2) is 95.4 Å². The summed E-state index contributed by atoms with van der Waals surface area (Å²) in [5.41, 5.74) is 12.6. The lowest BCUT2D eigenvalue weighted by molar-refractivity contribution is 0.0319. The molecular formula is C25H20F4N2. The fourth-order valence-electron chi connectivity index (χ4n) is 5.07. The van der Waals surface area contributed by atoms with Gasteiger partial charge in [0.1, 0.15) is 0 Å². The molecule has 0 unspecified atom stereocenters. The Labute approximate surface area is 177 Å². The molecule has 158 valence electrons. The Hall–Kier alpha value is -3.28. The van der Waals surface area contributed by atoms with Crippen LogP contribution in [0.3, 0.4) is 0 Å². The number of hydrogen-bond acceptors (Lipinski definition) is 2. The second-order valence-corrected chi connectivity index (χ2v) is 8.23. The Morgan fingerprint density at radius 1 is 0.581 bits per heavy atom. The van der Waals surface area contributed by atoms with Gasteiger partial charge in [-0.15, -0.1) is 0 Å². The van der Waals surface area contributed by atoms with Gasteiger partial charge in [0, 0.05) is 12.8 Å². The topological polar surface area (TPSA) is 52.0 Å². The smallest absolute Gasteiger partial charge is 0.290 e. The van der Waals surface area contributed by atoms with Crippen molar-refractivity contribution in [3.63, 3.8) is 0 Å². The molecule has 0 saturated carbocycles. The minimum absolute atomic E-state index is 0.333. The van der Waals surface area contributed by atoms with Gasteiger partial charge in [-0.1, -0.05) is 60.7 Å². The van der Waals surface area contributed by atoms with Gasteiger partial charge in [0.25, 0.3) is 11.8 Å². The number of benzene rings is 2.